The van der Waals surface area contributed by atoms with Gasteiger partial charge in [0.05, 0.1) is 0 Å². The fraction of sp³-hybridized carbons (Fsp3) is 1.00. The van der Waals surface area contributed by atoms with Gasteiger partial charge in [-0.2, -0.15) is 0 Å². The second-order valence-corrected chi connectivity index (χ2v) is 23.1. The molecule has 4 unspecified atom stereocenters. The largest absolute Gasteiger partial charge is 0.0654 e. The molecule has 0 aromatic heterocycles. The molecule has 0 aliphatic heterocycles. The van der Waals surface area contributed by atoms with E-state index in [1.54, 1.807) is 38.5 Å². The first-order valence-electron chi connectivity index (χ1n) is 31.9. The van der Waals surface area contributed by atoms with Crippen LogP contribution in [0.3, 0.4) is 0 Å². The summed E-state index contributed by atoms with van der Waals surface area (Å²) in [4.78, 5) is 0. The quantitative estimate of drug-likeness (QED) is 0.0534. The smallest absolute Gasteiger partial charge is 0.0179 e. The van der Waals surface area contributed by atoms with E-state index in [2.05, 4.69) is 69.2 Å². The van der Waals surface area contributed by atoms with Crippen LogP contribution >= 0.6 is 0 Å². The molecule has 0 N–H and O–H groups in total. The van der Waals surface area contributed by atoms with Crippen molar-refractivity contribution < 1.29 is 0 Å². The number of hydrogen-bond donors (Lipinski definition) is 0. The van der Waals surface area contributed by atoms with Gasteiger partial charge in [-0.25, -0.2) is 0 Å². The van der Waals surface area contributed by atoms with E-state index in [1.807, 2.05) is 0 Å². The van der Waals surface area contributed by atoms with Crippen LogP contribution in [-0.2, 0) is 0 Å². The van der Waals surface area contributed by atoms with Crippen LogP contribution in [-0.4, -0.2) is 0 Å². The molecule has 0 saturated carbocycles. The Kier molecular flexibility index (Phi) is 45.2. The maximum atomic E-state index is 2.76. The van der Waals surface area contributed by atoms with Gasteiger partial charge in [0.15, 0.2) is 0 Å². The zero-order valence-corrected chi connectivity index (χ0v) is 48.1. The van der Waals surface area contributed by atoms with Gasteiger partial charge in [0.2, 0.25) is 0 Å². The van der Waals surface area contributed by atoms with E-state index in [1.165, 1.54) is 289 Å². The number of rotatable bonds is 54. The molecule has 392 valence electrons. The lowest BCUT2D eigenvalue weighted by Crippen LogP contribution is -2.61. The van der Waals surface area contributed by atoms with Gasteiger partial charge in [-0.3, -0.25) is 0 Å². The van der Waals surface area contributed by atoms with Crippen LogP contribution in [0.1, 0.15) is 397 Å². The summed E-state index contributed by atoms with van der Waals surface area (Å²) in [5, 5.41) is 0. The molecule has 0 nitrogen and oxygen atoms in total. The first kappa shape index (κ1) is 65.0. The summed E-state index contributed by atoms with van der Waals surface area (Å²) in [6, 6.07) is 0. The predicted molar refractivity (Wildman–Crippen MR) is 302 cm³/mol. The Balaban J connectivity index is 8.56. The molecule has 0 amide bonds. The third kappa shape index (κ3) is 25.6. The summed E-state index contributed by atoms with van der Waals surface area (Å²) >= 11 is 0. The van der Waals surface area contributed by atoms with Crippen LogP contribution < -0.4 is 0 Å². The molecule has 0 aromatic rings. The molecule has 0 radical (unpaired) electrons. The van der Waals surface area contributed by atoms with Crippen LogP contribution in [0, 0.1) is 21.7 Å². The Bertz CT molecular complexity index is 934. The fourth-order valence-corrected chi connectivity index (χ4v) is 14.5. The summed E-state index contributed by atoms with van der Waals surface area (Å²) in [6.45, 7) is 25.0. The molecule has 0 rings (SSSR count). The van der Waals surface area contributed by atoms with Crippen molar-refractivity contribution in [2.75, 3.05) is 0 Å². The normalized spacial score (nSPS) is 15.8. The van der Waals surface area contributed by atoms with Gasteiger partial charge in [-0.15, -0.1) is 0 Å². The Morgan fingerprint density at radius 1 is 0.154 bits per heavy atom. The third-order valence-electron chi connectivity index (χ3n) is 18.2. The van der Waals surface area contributed by atoms with E-state index < -0.39 is 0 Å². The van der Waals surface area contributed by atoms with Crippen LogP contribution in [0.4, 0.5) is 0 Å². The topological polar surface area (TPSA) is 0 Å². The minimum Gasteiger partial charge on any atom is -0.0654 e. The fourth-order valence-electron chi connectivity index (χ4n) is 14.5. The first-order valence-corrected chi connectivity index (χ1v) is 31.9. The summed E-state index contributed by atoms with van der Waals surface area (Å²) < 4.78 is 0. The highest BCUT2D eigenvalue weighted by Crippen LogP contribution is 2.74. The van der Waals surface area contributed by atoms with Gasteiger partial charge in [-0.05, 0) is 85.9 Å². The molecule has 0 bridgehead atoms. The second-order valence-electron chi connectivity index (χ2n) is 23.1. The zero-order chi connectivity index (χ0) is 48.1. The van der Waals surface area contributed by atoms with Gasteiger partial charge in [-0.1, -0.05) is 332 Å². The van der Waals surface area contributed by atoms with Gasteiger partial charge >= 0.3 is 0 Å². The van der Waals surface area contributed by atoms with Crippen LogP contribution in [0.2, 0.25) is 0 Å². The molecule has 0 spiro atoms. The Morgan fingerprint density at radius 2 is 0.354 bits per heavy atom. The highest BCUT2D eigenvalue weighted by atomic mass is 14.7. The van der Waals surface area contributed by atoms with Crippen LogP contribution in [0.25, 0.3) is 0 Å². The first-order chi connectivity index (χ1) is 31.9. The highest BCUT2D eigenvalue weighted by molar-refractivity contribution is 5.14. The monoisotopic (exact) mass is 913 g/mol. The van der Waals surface area contributed by atoms with Crippen molar-refractivity contribution in [1.82, 2.24) is 0 Å². The Labute approximate surface area is 416 Å². The van der Waals surface area contributed by atoms with E-state index in [-0.39, 0.29) is 0 Å². The van der Waals surface area contributed by atoms with Crippen molar-refractivity contribution in [3.05, 3.63) is 0 Å². The molecule has 0 fully saturated rings. The second kappa shape index (κ2) is 45.2. The standard InChI is InChI=1S/C65H132/c1-11-21-29-35-38-40-45-50-57-63(55-48-43-37-31-23-13-3,56-49-44-39-36-30-22-12-2)65(60-51-34-26-16-6,61-52-42-33-25-15-5)64(58-28-18-8,59-46-27-17-7)62(20-10,53-19-9)54-47-41-32-24-14-4/h11-61H2,1-10H3. The van der Waals surface area contributed by atoms with Crippen LogP contribution in [0.15, 0.2) is 0 Å². The van der Waals surface area contributed by atoms with Crippen molar-refractivity contribution >= 4 is 0 Å². The van der Waals surface area contributed by atoms with Crippen molar-refractivity contribution in [1.29, 1.82) is 0 Å². The predicted octanol–water partition coefficient (Wildman–Crippen LogP) is 25.0. The molecule has 65 heavy (non-hydrogen) atoms. The van der Waals surface area contributed by atoms with Crippen molar-refractivity contribution in [3.8, 4) is 0 Å². The zero-order valence-electron chi connectivity index (χ0n) is 48.1. The Hall–Kier alpha value is 0. The number of unbranched alkanes of at least 4 members (excludes halogenated alkanes) is 32. The third-order valence-corrected chi connectivity index (χ3v) is 18.2. The summed E-state index contributed by atoms with van der Waals surface area (Å²) in [7, 11) is 0. The lowest BCUT2D eigenvalue weighted by atomic mass is 9.35. The lowest BCUT2D eigenvalue weighted by Gasteiger charge is -2.69. The molecule has 0 saturated heterocycles. The molecular weight excluding hydrogens is 781 g/mol. The minimum atomic E-state index is 0.432. The Morgan fingerprint density at radius 3 is 0.646 bits per heavy atom. The summed E-state index contributed by atoms with van der Waals surface area (Å²) in [5.74, 6) is 0. The van der Waals surface area contributed by atoms with E-state index in [0.717, 1.165) is 0 Å². The molecule has 0 aromatic carbocycles. The van der Waals surface area contributed by atoms with Crippen LogP contribution in [0.5, 0.6) is 0 Å². The average Bonchev–Trinajstić information content (AvgIpc) is 3.31. The van der Waals surface area contributed by atoms with E-state index in [0.29, 0.717) is 21.7 Å². The maximum absolute atomic E-state index is 2.76. The SMILES string of the molecule is CCCCCCCCCCC(CCCCCCCC)(CCCCCCCCC)C(CCCCCC)(CCCCCCC)C(CCCC)(CCCCC)C(CC)(CCC)CCCCCCC. The molecule has 0 heterocycles. The van der Waals surface area contributed by atoms with Gasteiger partial charge < -0.3 is 0 Å². The molecule has 0 heteroatoms. The summed E-state index contributed by atoms with van der Waals surface area (Å²) in [5.41, 5.74) is 1.79. The highest BCUT2D eigenvalue weighted by Gasteiger charge is 2.65. The lowest BCUT2D eigenvalue weighted by molar-refractivity contribution is -0.203. The van der Waals surface area contributed by atoms with E-state index in [4.69, 9.17) is 0 Å². The van der Waals surface area contributed by atoms with Crippen molar-refractivity contribution in [2.45, 2.75) is 397 Å². The van der Waals surface area contributed by atoms with E-state index >= 15 is 0 Å². The maximum Gasteiger partial charge on any atom is -0.0179 e. The van der Waals surface area contributed by atoms with Gasteiger partial charge in [0.1, 0.15) is 0 Å². The molecule has 0 aliphatic rings. The summed E-state index contributed by atoms with van der Waals surface area (Å²) in [6.07, 6.45) is 74.7. The van der Waals surface area contributed by atoms with Gasteiger partial charge in [0, 0.05) is 0 Å². The minimum absolute atomic E-state index is 0.432. The van der Waals surface area contributed by atoms with E-state index in [9.17, 15) is 0 Å². The van der Waals surface area contributed by atoms with Crippen molar-refractivity contribution in [2.24, 2.45) is 21.7 Å². The number of hydrogen-bond acceptors (Lipinski definition) is 0. The van der Waals surface area contributed by atoms with Crippen molar-refractivity contribution in [3.63, 3.8) is 0 Å². The average molecular weight is 914 g/mol. The molecule has 0 aliphatic carbocycles. The molecule has 4 atom stereocenters. The van der Waals surface area contributed by atoms with Gasteiger partial charge in [0.25, 0.3) is 0 Å². The molecular formula is C65H132.